The Hall–Kier alpha value is -1.26. The van der Waals surface area contributed by atoms with Crippen LogP contribution in [0, 0.1) is 6.92 Å². The minimum atomic E-state index is -0.0947. The van der Waals surface area contributed by atoms with Crippen LogP contribution < -0.4 is 15.4 Å². The van der Waals surface area contributed by atoms with Crippen LogP contribution in [0.5, 0.6) is 5.75 Å². The minimum absolute atomic E-state index is 0.0434. The van der Waals surface area contributed by atoms with Gasteiger partial charge in [-0.15, -0.1) is 0 Å². The van der Waals surface area contributed by atoms with E-state index in [1.807, 2.05) is 13.0 Å². The second-order valence-corrected chi connectivity index (χ2v) is 4.65. The van der Waals surface area contributed by atoms with E-state index in [9.17, 15) is 4.79 Å². The number of anilines is 1. The lowest BCUT2D eigenvalue weighted by Gasteiger charge is -2.20. The molecule has 1 aromatic carbocycles. The molecule has 1 aliphatic heterocycles. The van der Waals surface area contributed by atoms with Crippen molar-refractivity contribution in [3.8, 4) is 5.75 Å². The van der Waals surface area contributed by atoms with Gasteiger partial charge in [0.1, 0.15) is 5.75 Å². The molecule has 1 unspecified atom stereocenters. The van der Waals surface area contributed by atoms with E-state index >= 15 is 0 Å². The van der Waals surface area contributed by atoms with E-state index in [0.717, 1.165) is 11.3 Å². The Morgan fingerprint density at radius 3 is 2.76 bits per heavy atom. The Morgan fingerprint density at radius 1 is 1.53 bits per heavy atom. The van der Waals surface area contributed by atoms with Gasteiger partial charge in [0.2, 0.25) is 5.91 Å². The van der Waals surface area contributed by atoms with Crippen molar-refractivity contribution in [3.63, 3.8) is 0 Å². The van der Waals surface area contributed by atoms with E-state index < -0.39 is 0 Å². The van der Waals surface area contributed by atoms with Gasteiger partial charge in [-0.05, 0) is 24.6 Å². The van der Waals surface area contributed by atoms with Crippen molar-refractivity contribution in [1.29, 1.82) is 0 Å². The van der Waals surface area contributed by atoms with Crippen LogP contribution in [0.2, 0.25) is 5.02 Å². The zero-order valence-electron chi connectivity index (χ0n) is 9.87. The minimum Gasteiger partial charge on any atom is -0.495 e. The Bertz CT molecular complexity index is 462. The first kappa shape index (κ1) is 12.2. The maximum absolute atomic E-state index is 11.8. The highest BCUT2D eigenvalue weighted by Gasteiger charge is 2.29. The molecule has 1 heterocycles. The number of aryl methyl sites for hydroxylation is 1. The molecule has 1 aromatic rings. The molecule has 1 atom stereocenters. The smallest absolute Gasteiger partial charge is 0.228 e. The summed E-state index contributed by atoms with van der Waals surface area (Å²) in [6.07, 6.45) is 0.392. The maximum Gasteiger partial charge on any atom is 0.228 e. The molecule has 17 heavy (non-hydrogen) atoms. The Labute approximate surface area is 105 Å². The third kappa shape index (κ3) is 2.23. The van der Waals surface area contributed by atoms with Crippen molar-refractivity contribution in [3.05, 3.63) is 22.7 Å². The highest BCUT2D eigenvalue weighted by Crippen LogP contribution is 2.34. The predicted octanol–water partition coefficient (Wildman–Crippen LogP) is 1.72. The van der Waals surface area contributed by atoms with Crippen molar-refractivity contribution >= 4 is 23.2 Å². The van der Waals surface area contributed by atoms with Crippen LogP contribution >= 0.6 is 11.6 Å². The van der Waals surface area contributed by atoms with Gasteiger partial charge < -0.3 is 15.4 Å². The van der Waals surface area contributed by atoms with E-state index in [1.165, 1.54) is 0 Å². The van der Waals surface area contributed by atoms with Gasteiger partial charge >= 0.3 is 0 Å². The highest BCUT2D eigenvalue weighted by molar-refractivity contribution is 6.32. The molecule has 0 aliphatic carbocycles. The van der Waals surface area contributed by atoms with Gasteiger partial charge in [0, 0.05) is 24.7 Å². The number of hydrogen-bond acceptors (Lipinski definition) is 3. The van der Waals surface area contributed by atoms with Gasteiger partial charge in [0.05, 0.1) is 12.1 Å². The number of methoxy groups -OCH3 is 1. The molecule has 0 aromatic heterocycles. The second-order valence-electron chi connectivity index (χ2n) is 4.24. The molecule has 0 bridgehead atoms. The Balaban J connectivity index is 2.39. The van der Waals surface area contributed by atoms with Gasteiger partial charge in [-0.25, -0.2) is 0 Å². The van der Waals surface area contributed by atoms with Crippen LogP contribution in [-0.4, -0.2) is 25.6 Å². The largest absolute Gasteiger partial charge is 0.495 e. The third-order valence-electron chi connectivity index (χ3n) is 2.92. The lowest BCUT2D eigenvalue weighted by molar-refractivity contribution is -0.117. The number of hydrogen-bond donors (Lipinski definition) is 1. The zero-order chi connectivity index (χ0) is 12.6. The van der Waals surface area contributed by atoms with Crippen molar-refractivity contribution in [1.82, 2.24) is 0 Å². The molecule has 5 heteroatoms. The molecule has 2 N–H and O–H groups in total. The molecule has 92 valence electrons. The first-order valence-corrected chi connectivity index (χ1v) is 5.80. The molecule has 1 amide bonds. The number of ether oxygens (including phenoxy) is 1. The standard InChI is InChI=1S/C12H15ClN2O2/c1-7-3-11(17-2)9(13)5-10(7)15-6-8(14)4-12(15)16/h3,5,8H,4,6,14H2,1-2H3. The van der Waals surface area contributed by atoms with Gasteiger partial charge in [-0.2, -0.15) is 0 Å². The summed E-state index contributed by atoms with van der Waals surface area (Å²) in [6, 6.07) is 3.49. The fourth-order valence-corrected chi connectivity index (χ4v) is 2.29. The Morgan fingerprint density at radius 2 is 2.24 bits per heavy atom. The Kier molecular flexibility index (Phi) is 3.26. The zero-order valence-corrected chi connectivity index (χ0v) is 10.6. The third-order valence-corrected chi connectivity index (χ3v) is 3.21. The van der Waals surface area contributed by atoms with Gasteiger partial charge in [-0.1, -0.05) is 11.6 Å². The van der Waals surface area contributed by atoms with Crippen LogP contribution in [0.25, 0.3) is 0 Å². The maximum atomic E-state index is 11.8. The molecule has 0 saturated carbocycles. The van der Waals surface area contributed by atoms with Crippen LogP contribution in [-0.2, 0) is 4.79 Å². The SMILES string of the molecule is COc1cc(C)c(N2CC(N)CC2=O)cc1Cl. The van der Waals surface area contributed by atoms with Crippen molar-refractivity contribution in [2.24, 2.45) is 5.73 Å². The van der Waals surface area contributed by atoms with E-state index in [0.29, 0.717) is 23.7 Å². The second kappa shape index (κ2) is 4.55. The molecule has 1 aliphatic rings. The van der Waals surface area contributed by atoms with Crippen molar-refractivity contribution < 1.29 is 9.53 Å². The van der Waals surface area contributed by atoms with Crippen LogP contribution in [0.4, 0.5) is 5.69 Å². The predicted molar refractivity (Wildman–Crippen MR) is 67.7 cm³/mol. The monoisotopic (exact) mass is 254 g/mol. The number of carbonyl (C=O) groups excluding carboxylic acids is 1. The van der Waals surface area contributed by atoms with Crippen molar-refractivity contribution in [2.75, 3.05) is 18.6 Å². The number of halogens is 1. The van der Waals surface area contributed by atoms with Gasteiger partial charge in [0.25, 0.3) is 0 Å². The molecule has 0 radical (unpaired) electrons. The number of carbonyl (C=O) groups is 1. The van der Waals surface area contributed by atoms with E-state index in [1.54, 1.807) is 18.1 Å². The molecule has 1 saturated heterocycles. The van der Waals surface area contributed by atoms with E-state index in [2.05, 4.69) is 0 Å². The van der Waals surface area contributed by atoms with Crippen LogP contribution in [0.15, 0.2) is 12.1 Å². The molecular formula is C12H15ClN2O2. The molecule has 2 rings (SSSR count). The molecular weight excluding hydrogens is 240 g/mol. The average Bonchev–Trinajstić information content (AvgIpc) is 2.60. The summed E-state index contributed by atoms with van der Waals surface area (Å²) in [6.45, 7) is 2.47. The average molecular weight is 255 g/mol. The van der Waals surface area contributed by atoms with E-state index in [4.69, 9.17) is 22.1 Å². The molecule has 4 nitrogen and oxygen atoms in total. The quantitative estimate of drug-likeness (QED) is 0.874. The first-order chi connectivity index (χ1) is 8.02. The summed E-state index contributed by atoms with van der Waals surface area (Å²) in [5, 5.41) is 0.501. The summed E-state index contributed by atoms with van der Waals surface area (Å²) in [4.78, 5) is 13.5. The number of benzene rings is 1. The first-order valence-electron chi connectivity index (χ1n) is 5.43. The summed E-state index contributed by atoms with van der Waals surface area (Å²) in [5.41, 5.74) is 7.54. The van der Waals surface area contributed by atoms with Crippen molar-refractivity contribution in [2.45, 2.75) is 19.4 Å². The summed E-state index contributed by atoms with van der Waals surface area (Å²) < 4.78 is 5.13. The molecule has 0 spiro atoms. The fourth-order valence-electron chi connectivity index (χ4n) is 2.06. The number of nitrogens with two attached hydrogens (primary N) is 1. The van der Waals surface area contributed by atoms with E-state index in [-0.39, 0.29) is 11.9 Å². The topological polar surface area (TPSA) is 55.6 Å². The normalized spacial score (nSPS) is 19.9. The summed E-state index contributed by atoms with van der Waals surface area (Å²) in [7, 11) is 1.57. The fraction of sp³-hybridized carbons (Fsp3) is 0.417. The van der Waals surface area contributed by atoms with Gasteiger partial charge in [0.15, 0.2) is 0 Å². The number of nitrogens with zero attached hydrogens (tertiary/aromatic N) is 1. The van der Waals surface area contributed by atoms with Crippen LogP contribution in [0.3, 0.4) is 0 Å². The number of amides is 1. The molecule has 1 fully saturated rings. The van der Waals surface area contributed by atoms with Gasteiger partial charge in [-0.3, -0.25) is 4.79 Å². The summed E-state index contributed by atoms with van der Waals surface area (Å²) >= 11 is 6.07. The van der Waals surface area contributed by atoms with Crippen LogP contribution in [0.1, 0.15) is 12.0 Å². The number of rotatable bonds is 2. The summed E-state index contributed by atoms with van der Waals surface area (Å²) in [5.74, 6) is 0.658. The lowest BCUT2D eigenvalue weighted by Crippen LogP contribution is -2.28. The highest BCUT2D eigenvalue weighted by atomic mass is 35.5. The lowest BCUT2D eigenvalue weighted by atomic mass is 10.1.